The summed E-state index contributed by atoms with van der Waals surface area (Å²) in [7, 11) is 0. The van der Waals surface area contributed by atoms with E-state index >= 15 is 0 Å². The molecular weight excluding hydrogens is 278 g/mol. The van der Waals surface area contributed by atoms with E-state index in [1.54, 1.807) is 0 Å². The summed E-state index contributed by atoms with van der Waals surface area (Å²) < 4.78 is 27.3. The SMILES string of the molecule is O=C(O)c1ccnc(Nc2ccc(Cl)cc2F)c1F. The Labute approximate surface area is 111 Å². The van der Waals surface area contributed by atoms with Crippen LogP contribution in [-0.2, 0) is 0 Å². The topological polar surface area (TPSA) is 62.2 Å². The molecule has 0 radical (unpaired) electrons. The Morgan fingerprint density at radius 2 is 2.05 bits per heavy atom. The number of carboxylic acid groups (broad SMARTS) is 1. The van der Waals surface area contributed by atoms with Crippen molar-refractivity contribution in [2.45, 2.75) is 0 Å². The summed E-state index contributed by atoms with van der Waals surface area (Å²) in [5, 5.41) is 11.3. The van der Waals surface area contributed by atoms with Crippen LogP contribution >= 0.6 is 11.6 Å². The summed E-state index contributed by atoms with van der Waals surface area (Å²) in [6.07, 6.45) is 1.11. The van der Waals surface area contributed by atoms with Gasteiger partial charge in [-0.25, -0.2) is 18.6 Å². The first kappa shape index (κ1) is 13.2. The number of benzene rings is 1. The first-order chi connectivity index (χ1) is 8.99. The fraction of sp³-hybridized carbons (Fsp3) is 0. The number of nitrogens with one attached hydrogen (secondary N) is 1. The molecule has 7 heteroatoms. The Bertz CT molecular complexity index is 650. The molecule has 0 bridgehead atoms. The van der Waals surface area contributed by atoms with Gasteiger partial charge in [0.05, 0.1) is 5.69 Å². The van der Waals surface area contributed by atoms with Crippen LogP contribution in [0.3, 0.4) is 0 Å². The van der Waals surface area contributed by atoms with Crippen LogP contribution in [0.1, 0.15) is 10.4 Å². The van der Waals surface area contributed by atoms with Gasteiger partial charge in [0.2, 0.25) is 0 Å². The minimum Gasteiger partial charge on any atom is -0.478 e. The van der Waals surface area contributed by atoms with Gasteiger partial charge < -0.3 is 10.4 Å². The molecule has 2 rings (SSSR count). The molecule has 0 aliphatic rings. The average molecular weight is 285 g/mol. The van der Waals surface area contributed by atoms with Gasteiger partial charge in [0.25, 0.3) is 0 Å². The van der Waals surface area contributed by atoms with Crippen LogP contribution in [-0.4, -0.2) is 16.1 Å². The third-order valence-electron chi connectivity index (χ3n) is 2.30. The molecule has 1 heterocycles. The van der Waals surface area contributed by atoms with Crippen LogP contribution in [0.5, 0.6) is 0 Å². The van der Waals surface area contributed by atoms with Crippen molar-refractivity contribution < 1.29 is 18.7 Å². The zero-order valence-corrected chi connectivity index (χ0v) is 10.1. The number of aromatic carboxylic acids is 1. The van der Waals surface area contributed by atoms with E-state index in [0.717, 1.165) is 18.3 Å². The van der Waals surface area contributed by atoms with Crippen molar-refractivity contribution in [2.24, 2.45) is 0 Å². The predicted octanol–water partition coefficient (Wildman–Crippen LogP) is 3.46. The molecule has 19 heavy (non-hydrogen) atoms. The van der Waals surface area contributed by atoms with Gasteiger partial charge in [0.15, 0.2) is 11.6 Å². The van der Waals surface area contributed by atoms with Gasteiger partial charge in [-0.2, -0.15) is 0 Å². The van der Waals surface area contributed by atoms with E-state index in [2.05, 4.69) is 10.3 Å². The van der Waals surface area contributed by atoms with Crippen LogP contribution in [0.2, 0.25) is 5.02 Å². The zero-order valence-electron chi connectivity index (χ0n) is 9.32. The van der Waals surface area contributed by atoms with Gasteiger partial charge in [0, 0.05) is 11.2 Å². The molecule has 0 saturated heterocycles. The van der Waals surface area contributed by atoms with E-state index in [1.807, 2.05) is 0 Å². The van der Waals surface area contributed by atoms with Crippen molar-refractivity contribution >= 4 is 29.1 Å². The van der Waals surface area contributed by atoms with Crippen molar-refractivity contribution in [1.82, 2.24) is 4.98 Å². The molecule has 0 amide bonds. The van der Waals surface area contributed by atoms with Crippen LogP contribution < -0.4 is 5.32 Å². The summed E-state index contributed by atoms with van der Waals surface area (Å²) in [6.45, 7) is 0. The van der Waals surface area contributed by atoms with E-state index in [1.165, 1.54) is 12.1 Å². The van der Waals surface area contributed by atoms with E-state index < -0.39 is 23.2 Å². The molecule has 0 aliphatic carbocycles. The number of pyridine rings is 1. The van der Waals surface area contributed by atoms with Gasteiger partial charge in [-0.15, -0.1) is 0 Å². The van der Waals surface area contributed by atoms with Crippen LogP contribution in [0.25, 0.3) is 0 Å². The average Bonchev–Trinajstić information content (AvgIpc) is 2.34. The lowest BCUT2D eigenvalue weighted by Gasteiger charge is -2.08. The maximum absolute atomic E-state index is 13.8. The highest BCUT2D eigenvalue weighted by Gasteiger charge is 2.16. The maximum Gasteiger partial charge on any atom is 0.338 e. The smallest absolute Gasteiger partial charge is 0.338 e. The van der Waals surface area contributed by atoms with Gasteiger partial charge >= 0.3 is 5.97 Å². The minimum absolute atomic E-state index is 0.0571. The van der Waals surface area contributed by atoms with Crippen molar-refractivity contribution in [3.8, 4) is 0 Å². The monoisotopic (exact) mass is 284 g/mol. The molecule has 0 atom stereocenters. The lowest BCUT2D eigenvalue weighted by atomic mass is 10.2. The fourth-order valence-electron chi connectivity index (χ4n) is 1.41. The molecule has 0 aliphatic heterocycles. The number of aromatic nitrogens is 1. The Kier molecular flexibility index (Phi) is 3.62. The highest BCUT2D eigenvalue weighted by atomic mass is 35.5. The number of carboxylic acids is 1. The van der Waals surface area contributed by atoms with Gasteiger partial charge in [-0.05, 0) is 24.3 Å². The van der Waals surface area contributed by atoms with E-state index in [0.29, 0.717) is 0 Å². The third kappa shape index (κ3) is 2.79. The molecule has 0 saturated carbocycles. The normalized spacial score (nSPS) is 10.3. The van der Waals surface area contributed by atoms with Gasteiger partial charge in [0.1, 0.15) is 11.4 Å². The number of halogens is 3. The molecule has 4 nitrogen and oxygen atoms in total. The molecule has 2 N–H and O–H groups in total. The van der Waals surface area contributed by atoms with Crippen molar-refractivity contribution in [1.29, 1.82) is 0 Å². The second kappa shape index (κ2) is 5.19. The largest absolute Gasteiger partial charge is 0.478 e. The predicted molar refractivity (Wildman–Crippen MR) is 65.8 cm³/mol. The minimum atomic E-state index is -1.43. The molecular formula is C12H7ClF2N2O2. The highest BCUT2D eigenvalue weighted by molar-refractivity contribution is 6.30. The van der Waals surface area contributed by atoms with E-state index in [9.17, 15) is 13.6 Å². The quantitative estimate of drug-likeness (QED) is 0.906. The number of nitrogens with zero attached hydrogens (tertiary/aromatic N) is 1. The number of hydrogen-bond donors (Lipinski definition) is 2. The molecule has 0 spiro atoms. The molecule has 98 valence electrons. The standard InChI is InChI=1S/C12H7ClF2N2O2/c13-6-1-2-9(8(14)5-6)17-11-10(15)7(12(18)19)3-4-16-11/h1-5H,(H,16,17)(H,18,19). The third-order valence-corrected chi connectivity index (χ3v) is 2.54. The van der Waals surface area contributed by atoms with Crippen molar-refractivity contribution in [2.75, 3.05) is 5.32 Å². The first-order valence-electron chi connectivity index (χ1n) is 5.09. The Morgan fingerprint density at radius 1 is 1.32 bits per heavy atom. The summed E-state index contributed by atoms with van der Waals surface area (Å²) in [6, 6.07) is 4.77. The van der Waals surface area contributed by atoms with Gasteiger partial charge in [-0.3, -0.25) is 0 Å². The van der Waals surface area contributed by atoms with Gasteiger partial charge in [-0.1, -0.05) is 11.6 Å². The Hall–Kier alpha value is -2.21. The van der Waals surface area contributed by atoms with Crippen LogP contribution in [0, 0.1) is 11.6 Å². The zero-order chi connectivity index (χ0) is 14.0. The second-order valence-electron chi connectivity index (χ2n) is 3.58. The van der Waals surface area contributed by atoms with E-state index in [4.69, 9.17) is 16.7 Å². The van der Waals surface area contributed by atoms with E-state index in [-0.39, 0.29) is 16.5 Å². The maximum atomic E-state index is 13.8. The van der Waals surface area contributed by atoms with Crippen molar-refractivity contribution in [3.05, 3.63) is 52.7 Å². The second-order valence-corrected chi connectivity index (χ2v) is 4.01. The number of rotatable bonds is 3. The lowest BCUT2D eigenvalue weighted by Crippen LogP contribution is -2.06. The number of hydrogen-bond acceptors (Lipinski definition) is 3. The molecule has 2 aromatic rings. The summed E-state index contributed by atoms with van der Waals surface area (Å²) >= 11 is 5.58. The molecule has 0 unspecified atom stereocenters. The summed E-state index contributed by atoms with van der Waals surface area (Å²) in [5.41, 5.74) is -0.606. The van der Waals surface area contributed by atoms with Crippen LogP contribution in [0.4, 0.5) is 20.3 Å². The van der Waals surface area contributed by atoms with Crippen molar-refractivity contribution in [3.63, 3.8) is 0 Å². The molecule has 1 aromatic heterocycles. The molecule has 1 aromatic carbocycles. The Morgan fingerprint density at radius 3 is 2.68 bits per heavy atom. The first-order valence-corrected chi connectivity index (χ1v) is 5.46. The Balaban J connectivity index is 2.38. The number of carbonyl (C=O) groups is 1. The highest BCUT2D eigenvalue weighted by Crippen LogP contribution is 2.24. The number of anilines is 2. The molecule has 0 fully saturated rings. The summed E-state index contributed by atoms with van der Waals surface area (Å²) in [4.78, 5) is 14.4. The van der Waals surface area contributed by atoms with Crippen LogP contribution in [0.15, 0.2) is 30.5 Å². The summed E-state index contributed by atoms with van der Waals surface area (Å²) in [5.74, 6) is -3.57. The lowest BCUT2D eigenvalue weighted by molar-refractivity contribution is 0.0692. The fourth-order valence-corrected chi connectivity index (χ4v) is 1.57.